The maximum atomic E-state index is 5.50. The summed E-state index contributed by atoms with van der Waals surface area (Å²) in [7, 11) is 1.68. The van der Waals surface area contributed by atoms with Gasteiger partial charge in [0.15, 0.2) is 4.77 Å². The van der Waals surface area contributed by atoms with Gasteiger partial charge in [0.05, 0.1) is 18.1 Å². The molecule has 2 aromatic rings. The molecule has 1 heterocycles. The Bertz CT molecular complexity index is 633. The molecule has 110 valence electrons. The van der Waals surface area contributed by atoms with Crippen molar-refractivity contribution >= 4 is 35.0 Å². The first kappa shape index (κ1) is 15.4. The Labute approximate surface area is 129 Å². The maximum absolute atomic E-state index is 5.50. The van der Waals surface area contributed by atoms with Crippen LogP contribution in [0, 0.1) is 4.77 Å². The number of H-pyrrole nitrogens is 1. The van der Waals surface area contributed by atoms with Crippen LogP contribution < -0.4 is 4.74 Å². The monoisotopic (exact) mass is 310 g/mol. The number of benzene rings is 1. The average Bonchev–Trinajstić information content (AvgIpc) is 2.79. The molecular weight excluding hydrogens is 288 g/mol. The summed E-state index contributed by atoms with van der Waals surface area (Å²) in [5.41, 5.74) is 2.19. The first-order chi connectivity index (χ1) is 9.59. The van der Waals surface area contributed by atoms with Gasteiger partial charge in [0, 0.05) is 17.4 Å². The lowest BCUT2D eigenvalue weighted by molar-refractivity contribution is 0.415. The third-order valence-electron chi connectivity index (χ3n) is 4.15. The molecule has 20 heavy (non-hydrogen) atoms. The van der Waals surface area contributed by atoms with E-state index in [-0.39, 0.29) is 4.75 Å². The Kier molecular flexibility index (Phi) is 4.81. The Hall–Kier alpha value is -0.940. The number of hydrogen-bond donors (Lipinski definition) is 1. The van der Waals surface area contributed by atoms with E-state index in [1.807, 2.05) is 23.9 Å². The van der Waals surface area contributed by atoms with Gasteiger partial charge in [-0.1, -0.05) is 13.8 Å². The van der Waals surface area contributed by atoms with Gasteiger partial charge in [-0.3, -0.25) is 0 Å². The number of methoxy groups -OCH3 is 1. The number of aromatic amines is 1. The molecule has 1 aromatic carbocycles. The van der Waals surface area contributed by atoms with Crippen molar-refractivity contribution in [2.24, 2.45) is 0 Å². The Morgan fingerprint density at radius 2 is 2.05 bits per heavy atom. The van der Waals surface area contributed by atoms with Crippen molar-refractivity contribution in [2.45, 2.75) is 38.0 Å². The van der Waals surface area contributed by atoms with Crippen LogP contribution in [0.15, 0.2) is 18.2 Å². The van der Waals surface area contributed by atoms with E-state index in [1.165, 1.54) is 0 Å². The number of fused-ring (bicyclic) bond motifs is 1. The third kappa shape index (κ3) is 2.74. The number of aromatic nitrogens is 2. The average molecular weight is 310 g/mol. The second-order valence-corrected chi connectivity index (χ2v) is 6.65. The van der Waals surface area contributed by atoms with E-state index in [9.17, 15) is 0 Å². The second kappa shape index (κ2) is 6.22. The fourth-order valence-electron chi connectivity index (χ4n) is 2.54. The molecule has 0 saturated carbocycles. The number of ether oxygens (including phenoxy) is 1. The first-order valence-corrected chi connectivity index (χ1v) is 8.54. The molecule has 0 bridgehead atoms. The van der Waals surface area contributed by atoms with Gasteiger partial charge in [-0.2, -0.15) is 11.8 Å². The summed E-state index contributed by atoms with van der Waals surface area (Å²) in [4.78, 5) is 3.29. The molecule has 0 aliphatic carbocycles. The van der Waals surface area contributed by atoms with Crippen LogP contribution in [0.2, 0.25) is 0 Å². The van der Waals surface area contributed by atoms with Crippen LogP contribution in [-0.2, 0) is 6.54 Å². The van der Waals surface area contributed by atoms with Crippen molar-refractivity contribution in [3.8, 4) is 5.75 Å². The van der Waals surface area contributed by atoms with E-state index in [4.69, 9.17) is 17.0 Å². The van der Waals surface area contributed by atoms with Gasteiger partial charge in [-0.05, 0) is 43.4 Å². The van der Waals surface area contributed by atoms with Crippen molar-refractivity contribution in [2.75, 3.05) is 13.4 Å². The minimum Gasteiger partial charge on any atom is -0.497 e. The lowest BCUT2D eigenvalue weighted by atomic mass is 10.0. The van der Waals surface area contributed by atoms with Gasteiger partial charge < -0.3 is 14.3 Å². The zero-order chi connectivity index (χ0) is 14.8. The summed E-state index contributed by atoms with van der Waals surface area (Å²) in [5.74, 6) is 0.850. The van der Waals surface area contributed by atoms with Crippen LogP contribution >= 0.6 is 24.0 Å². The summed E-state index contributed by atoms with van der Waals surface area (Å²) in [6.45, 7) is 5.44. The normalized spacial score (nSPS) is 12.0. The summed E-state index contributed by atoms with van der Waals surface area (Å²) in [6.07, 6.45) is 4.46. The van der Waals surface area contributed by atoms with Crippen molar-refractivity contribution in [1.29, 1.82) is 0 Å². The first-order valence-electron chi connectivity index (χ1n) is 6.91. The van der Waals surface area contributed by atoms with Gasteiger partial charge in [-0.15, -0.1) is 0 Å². The van der Waals surface area contributed by atoms with Gasteiger partial charge in [0.25, 0.3) is 0 Å². The minimum atomic E-state index is 0.243. The molecule has 0 radical (unpaired) electrons. The fourth-order valence-corrected chi connectivity index (χ4v) is 3.65. The second-order valence-electron chi connectivity index (χ2n) is 4.99. The number of rotatable bonds is 6. The number of thioether (sulfide) groups is 1. The van der Waals surface area contributed by atoms with E-state index in [0.29, 0.717) is 0 Å². The van der Waals surface area contributed by atoms with E-state index in [0.717, 1.165) is 40.9 Å². The van der Waals surface area contributed by atoms with Crippen LogP contribution in [0.5, 0.6) is 5.75 Å². The topological polar surface area (TPSA) is 29.9 Å². The van der Waals surface area contributed by atoms with Crippen LogP contribution in [0.1, 0.15) is 26.7 Å². The molecule has 0 unspecified atom stereocenters. The highest BCUT2D eigenvalue weighted by molar-refractivity contribution is 8.00. The van der Waals surface area contributed by atoms with E-state index < -0.39 is 0 Å². The molecule has 0 spiro atoms. The van der Waals surface area contributed by atoms with Crippen LogP contribution in [0.25, 0.3) is 11.0 Å². The van der Waals surface area contributed by atoms with Crippen LogP contribution in [0.4, 0.5) is 0 Å². The van der Waals surface area contributed by atoms with E-state index in [2.05, 4.69) is 35.7 Å². The van der Waals surface area contributed by atoms with E-state index in [1.54, 1.807) is 7.11 Å². The van der Waals surface area contributed by atoms with Crippen molar-refractivity contribution in [3.63, 3.8) is 0 Å². The predicted molar refractivity (Wildman–Crippen MR) is 90.5 cm³/mol. The molecule has 0 atom stereocenters. The lowest BCUT2D eigenvalue weighted by Crippen LogP contribution is -2.29. The molecule has 3 nitrogen and oxygen atoms in total. The lowest BCUT2D eigenvalue weighted by Gasteiger charge is -2.30. The zero-order valence-corrected chi connectivity index (χ0v) is 14.2. The molecule has 0 aliphatic rings. The van der Waals surface area contributed by atoms with E-state index >= 15 is 0 Å². The highest BCUT2D eigenvalue weighted by Crippen LogP contribution is 2.33. The van der Waals surface area contributed by atoms with Crippen LogP contribution in [-0.4, -0.2) is 27.7 Å². The summed E-state index contributed by atoms with van der Waals surface area (Å²) in [6, 6.07) is 6.07. The summed E-state index contributed by atoms with van der Waals surface area (Å²) >= 11 is 7.44. The molecule has 0 aliphatic heterocycles. The highest BCUT2D eigenvalue weighted by atomic mass is 32.2. The maximum Gasteiger partial charge on any atom is 0.178 e. The third-order valence-corrected chi connectivity index (χ3v) is 6.04. The largest absolute Gasteiger partial charge is 0.497 e. The SMILES string of the molecule is CCC(CC)(Cn1c(=S)[nH]c2cc(OC)ccc21)SC. The Morgan fingerprint density at radius 1 is 1.35 bits per heavy atom. The quantitative estimate of drug-likeness (QED) is 0.789. The molecule has 0 amide bonds. The van der Waals surface area contributed by atoms with Gasteiger partial charge in [-0.25, -0.2) is 0 Å². The Balaban J connectivity index is 2.49. The standard InChI is InChI=1S/C15H22N2OS2/c1-5-15(6-2,20-4)10-17-13-8-7-11(18-3)9-12(13)16-14(17)19/h7-9H,5-6,10H2,1-4H3,(H,16,19). The highest BCUT2D eigenvalue weighted by Gasteiger charge is 2.26. The molecule has 5 heteroatoms. The van der Waals surface area contributed by atoms with Crippen molar-refractivity contribution < 1.29 is 4.74 Å². The fraction of sp³-hybridized carbons (Fsp3) is 0.533. The number of nitrogens with one attached hydrogen (secondary N) is 1. The van der Waals surface area contributed by atoms with Gasteiger partial charge in [0.2, 0.25) is 0 Å². The van der Waals surface area contributed by atoms with Gasteiger partial charge >= 0.3 is 0 Å². The zero-order valence-electron chi connectivity index (χ0n) is 12.5. The predicted octanol–water partition coefficient (Wildman–Crippen LogP) is 4.63. The van der Waals surface area contributed by atoms with Crippen molar-refractivity contribution in [1.82, 2.24) is 9.55 Å². The molecule has 1 N–H and O–H groups in total. The number of hydrogen-bond acceptors (Lipinski definition) is 3. The number of nitrogens with zero attached hydrogens (tertiary/aromatic N) is 1. The number of imidazole rings is 1. The van der Waals surface area contributed by atoms with Crippen LogP contribution in [0.3, 0.4) is 0 Å². The molecule has 2 rings (SSSR count). The molecular formula is C15H22N2OS2. The summed E-state index contributed by atoms with van der Waals surface area (Å²) in [5, 5.41) is 0. The molecule has 0 saturated heterocycles. The Morgan fingerprint density at radius 3 is 2.60 bits per heavy atom. The smallest absolute Gasteiger partial charge is 0.178 e. The minimum absolute atomic E-state index is 0.243. The summed E-state index contributed by atoms with van der Waals surface area (Å²) < 4.78 is 8.51. The molecule has 0 fully saturated rings. The molecule has 1 aromatic heterocycles. The van der Waals surface area contributed by atoms with Crippen molar-refractivity contribution in [3.05, 3.63) is 23.0 Å². The van der Waals surface area contributed by atoms with Gasteiger partial charge in [0.1, 0.15) is 5.75 Å².